The summed E-state index contributed by atoms with van der Waals surface area (Å²) in [4.78, 5) is 7.20. The van der Waals surface area contributed by atoms with Crippen LogP contribution in [0.3, 0.4) is 0 Å². The standard InChI is InChI=1S/C22H32N4O.HI/c1-4-23-21(25-19-18-11-14-27-20(18)22(19,2)3)24-15-16-7-9-17(10-8-16)26-12-5-6-13-26;/h5-10,18-20H,4,11-15H2,1-3H3,(H2,23,24,25);1H. The minimum atomic E-state index is 0. The first-order chi connectivity index (χ1) is 13.1. The highest BCUT2D eigenvalue weighted by atomic mass is 127. The van der Waals surface area contributed by atoms with E-state index in [9.17, 15) is 0 Å². The number of nitrogens with one attached hydrogen (secondary N) is 2. The van der Waals surface area contributed by atoms with E-state index >= 15 is 0 Å². The molecule has 3 aliphatic rings. The molecule has 1 aliphatic carbocycles. The van der Waals surface area contributed by atoms with Gasteiger partial charge in [-0.2, -0.15) is 0 Å². The first-order valence-electron chi connectivity index (χ1n) is 10.2. The zero-order valence-electron chi connectivity index (χ0n) is 17.1. The van der Waals surface area contributed by atoms with Crippen LogP contribution in [0.25, 0.3) is 0 Å². The Balaban J connectivity index is 0.00000225. The molecule has 5 nitrogen and oxygen atoms in total. The van der Waals surface area contributed by atoms with Crippen LogP contribution in [0, 0.1) is 11.3 Å². The monoisotopic (exact) mass is 496 g/mol. The summed E-state index contributed by atoms with van der Waals surface area (Å²) < 4.78 is 5.91. The number of fused-ring (bicyclic) bond motifs is 1. The summed E-state index contributed by atoms with van der Waals surface area (Å²) in [6.45, 7) is 11.2. The smallest absolute Gasteiger partial charge is 0.191 e. The van der Waals surface area contributed by atoms with Crippen LogP contribution < -0.4 is 15.5 Å². The molecule has 154 valence electrons. The second kappa shape index (κ2) is 9.03. The number of nitrogens with zero attached hydrogens (tertiary/aromatic N) is 2. The molecular formula is C22H33IN4O. The number of anilines is 1. The highest BCUT2D eigenvalue weighted by Gasteiger charge is 2.59. The normalized spacial score (nSPS) is 27.8. The predicted molar refractivity (Wildman–Crippen MR) is 127 cm³/mol. The second-order valence-electron chi connectivity index (χ2n) is 8.43. The maximum atomic E-state index is 5.91. The molecule has 3 unspecified atom stereocenters. The largest absolute Gasteiger partial charge is 0.377 e. The van der Waals surface area contributed by atoms with E-state index in [-0.39, 0.29) is 29.4 Å². The van der Waals surface area contributed by atoms with Gasteiger partial charge in [-0.1, -0.05) is 38.1 Å². The van der Waals surface area contributed by atoms with Crippen molar-refractivity contribution in [2.75, 3.05) is 31.1 Å². The number of rotatable bonds is 5. The maximum absolute atomic E-state index is 5.91. The molecule has 1 saturated heterocycles. The Bertz CT molecular complexity index is 708. The molecule has 1 aromatic carbocycles. The first kappa shape index (κ1) is 21.4. The first-order valence-corrected chi connectivity index (χ1v) is 10.2. The molecule has 0 bridgehead atoms. The SMILES string of the molecule is CCNC(=NCc1ccc(N2CC=CC2)cc1)NC1C2CCOC2C1(C)C.I. The topological polar surface area (TPSA) is 48.9 Å². The van der Waals surface area contributed by atoms with Crippen molar-refractivity contribution in [3.05, 3.63) is 42.0 Å². The van der Waals surface area contributed by atoms with E-state index in [1.807, 2.05) is 0 Å². The highest BCUT2D eigenvalue weighted by molar-refractivity contribution is 14.0. The minimum Gasteiger partial charge on any atom is -0.377 e. The van der Waals surface area contributed by atoms with Gasteiger partial charge < -0.3 is 20.3 Å². The van der Waals surface area contributed by atoms with Crippen LogP contribution in [-0.2, 0) is 11.3 Å². The van der Waals surface area contributed by atoms with Crippen LogP contribution in [0.15, 0.2) is 41.4 Å². The van der Waals surface area contributed by atoms with Gasteiger partial charge in [-0.15, -0.1) is 24.0 Å². The maximum Gasteiger partial charge on any atom is 0.191 e. The summed E-state index contributed by atoms with van der Waals surface area (Å²) in [5, 5.41) is 7.09. The second-order valence-corrected chi connectivity index (χ2v) is 8.43. The molecule has 28 heavy (non-hydrogen) atoms. The van der Waals surface area contributed by atoms with Crippen LogP contribution in [0.1, 0.15) is 32.8 Å². The van der Waals surface area contributed by atoms with E-state index in [0.717, 1.165) is 38.6 Å². The summed E-state index contributed by atoms with van der Waals surface area (Å²) in [5.41, 5.74) is 2.67. The fourth-order valence-corrected chi connectivity index (χ4v) is 4.76. The van der Waals surface area contributed by atoms with E-state index < -0.39 is 0 Å². The molecule has 1 saturated carbocycles. The van der Waals surface area contributed by atoms with Crippen molar-refractivity contribution in [2.45, 2.75) is 45.9 Å². The van der Waals surface area contributed by atoms with Gasteiger partial charge >= 0.3 is 0 Å². The quantitative estimate of drug-likeness (QED) is 0.284. The summed E-state index contributed by atoms with van der Waals surface area (Å²) in [6, 6.07) is 9.21. The molecule has 1 aromatic rings. The fraction of sp³-hybridized carbons (Fsp3) is 0.591. The van der Waals surface area contributed by atoms with Crippen LogP contribution in [0.4, 0.5) is 5.69 Å². The molecular weight excluding hydrogens is 463 g/mol. The van der Waals surface area contributed by atoms with Crippen molar-refractivity contribution in [2.24, 2.45) is 16.3 Å². The van der Waals surface area contributed by atoms with Crippen molar-refractivity contribution in [1.82, 2.24) is 10.6 Å². The third-order valence-electron chi connectivity index (χ3n) is 6.28. The van der Waals surface area contributed by atoms with Gasteiger partial charge in [-0.3, -0.25) is 0 Å². The molecule has 0 radical (unpaired) electrons. The zero-order chi connectivity index (χ0) is 18.9. The Morgan fingerprint density at radius 2 is 1.93 bits per heavy atom. The molecule has 2 aliphatic heterocycles. The lowest BCUT2D eigenvalue weighted by Gasteiger charge is -2.54. The number of ether oxygens (including phenoxy) is 1. The molecule has 4 rings (SSSR count). The van der Waals surface area contributed by atoms with Crippen LogP contribution >= 0.6 is 24.0 Å². The molecule has 0 spiro atoms. The molecule has 0 amide bonds. The Morgan fingerprint density at radius 3 is 2.61 bits per heavy atom. The Hall–Kier alpha value is -1.28. The van der Waals surface area contributed by atoms with E-state index in [0.29, 0.717) is 24.6 Å². The summed E-state index contributed by atoms with van der Waals surface area (Å²) in [6.07, 6.45) is 5.98. The number of benzene rings is 1. The number of halogens is 1. The third kappa shape index (κ3) is 4.17. The average molecular weight is 496 g/mol. The molecule has 0 aromatic heterocycles. The molecule has 3 atom stereocenters. The number of aliphatic imine (C=N–C) groups is 1. The predicted octanol–water partition coefficient (Wildman–Crippen LogP) is 3.55. The average Bonchev–Trinajstić information content (AvgIpc) is 3.35. The summed E-state index contributed by atoms with van der Waals surface area (Å²) in [5.74, 6) is 1.52. The van der Waals surface area contributed by atoms with Gasteiger partial charge in [0.15, 0.2) is 5.96 Å². The van der Waals surface area contributed by atoms with Gasteiger partial charge in [0.2, 0.25) is 0 Å². The van der Waals surface area contributed by atoms with E-state index in [4.69, 9.17) is 9.73 Å². The van der Waals surface area contributed by atoms with Gasteiger partial charge in [0, 0.05) is 49.3 Å². The molecule has 2 fully saturated rings. The van der Waals surface area contributed by atoms with Gasteiger partial charge in [0.25, 0.3) is 0 Å². The number of guanidine groups is 1. The van der Waals surface area contributed by atoms with Gasteiger partial charge in [0.1, 0.15) is 0 Å². The lowest BCUT2D eigenvalue weighted by Crippen LogP contribution is -2.67. The van der Waals surface area contributed by atoms with Crippen molar-refractivity contribution >= 4 is 35.6 Å². The van der Waals surface area contributed by atoms with Gasteiger partial charge in [-0.05, 0) is 31.0 Å². The molecule has 2 N–H and O–H groups in total. The van der Waals surface area contributed by atoms with Crippen molar-refractivity contribution in [3.63, 3.8) is 0 Å². The number of hydrogen-bond acceptors (Lipinski definition) is 3. The third-order valence-corrected chi connectivity index (χ3v) is 6.28. The van der Waals surface area contributed by atoms with E-state index in [2.05, 4.69) is 72.7 Å². The van der Waals surface area contributed by atoms with E-state index in [1.54, 1.807) is 0 Å². The van der Waals surface area contributed by atoms with Crippen LogP contribution in [0.2, 0.25) is 0 Å². The van der Waals surface area contributed by atoms with Gasteiger partial charge in [-0.25, -0.2) is 4.99 Å². The lowest BCUT2D eigenvalue weighted by atomic mass is 9.57. The zero-order valence-corrected chi connectivity index (χ0v) is 19.5. The van der Waals surface area contributed by atoms with Crippen molar-refractivity contribution < 1.29 is 4.74 Å². The molecule has 6 heteroatoms. The lowest BCUT2D eigenvalue weighted by molar-refractivity contribution is -0.106. The Kier molecular flexibility index (Phi) is 6.91. The van der Waals surface area contributed by atoms with Crippen molar-refractivity contribution in [1.29, 1.82) is 0 Å². The summed E-state index contributed by atoms with van der Waals surface area (Å²) >= 11 is 0. The highest BCUT2D eigenvalue weighted by Crippen LogP contribution is 2.52. The van der Waals surface area contributed by atoms with Crippen molar-refractivity contribution in [3.8, 4) is 0 Å². The fourth-order valence-electron chi connectivity index (χ4n) is 4.76. The van der Waals surface area contributed by atoms with Gasteiger partial charge in [0.05, 0.1) is 12.6 Å². The number of hydrogen-bond donors (Lipinski definition) is 2. The minimum absolute atomic E-state index is 0. The molecule has 2 heterocycles. The van der Waals surface area contributed by atoms with Crippen LogP contribution in [0.5, 0.6) is 0 Å². The van der Waals surface area contributed by atoms with E-state index in [1.165, 1.54) is 11.3 Å². The summed E-state index contributed by atoms with van der Waals surface area (Å²) in [7, 11) is 0. The van der Waals surface area contributed by atoms with Crippen LogP contribution in [-0.4, -0.2) is 44.3 Å². The Labute approximate surface area is 186 Å². The Morgan fingerprint density at radius 1 is 1.21 bits per heavy atom.